The van der Waals surface area contributed by atoms with Crippen LogP contribution >= 0.6 is 0 Å². The lowest BCUT2D eigenvalue weighted by Crippen LogP contribution is -2.50. The number of ether oxygens (including phenoxy) is 1. The molecule has 0 bridgehead atoms. The van der Waals surface area contributed by atoms with Gasteiger partial charge >= 0.3 is 12.1 Å². The van der Waals surface area contributed by atoms with E-state index < -0.39 is 36.0 Å². The summed E-state index contributed by atoms with van der Waals surface area (Å²) in [6, 6.07) is 14.6. The van der Waals surface area contributed by atoms with Crippen molar-refractivity contribution in [2.24, 2.45) is 11.8 Å². The van der Waals surface area contributed by atoms with Gasteiger partial charge in [0.05, 0.1) is 5.92 Å². The lowest BCUT2D eigenvalue weighted by molar-refractivity contribution is -0.143. The molecular weight excluding hydrogens is 408 g/mol. The molecule has 170 valence electrons. The van der Waals surface area contributed by atoms with Gasteiger partial charge in [0.25, 0.3) is 0 Å². The molecule has 2 aromatic rings. The number of benzene rings is 2. The van der Waals surface area contributed by atoms with E-state index in [1.165, 1.54) is 0 Å². The number of aliphatic carboxylic acids is 1. The Morgan fingerprint density at radius 3 is 1.94 bits per heavy atom. The van der Waals surface area contributed by atoms with Crippen molar-refractivity contribution >= 4 is 18.0 Å². The van der Waals surface area contributed by atoms with Crippen LogP contribution in [0.2, 0.25) is 0 Å². The van der Waals surface area contributed by atoms with E-state index in [2.05, 4.69) is 22.8 Å². The second-order valence-corrected chi connectivity index (χ2v) is 8.62. The quantitative estimate of drug-likeness (QED) is 0.582. The zero-order valence-electron chi connectivity index (χ0n) is 18.8. The van der Waals surface area contributed by atoms with E-state index in [1.807, 2.05) is 36.4 Å². The number of hydrogen-bond donors (Lipinski definition) is 3. The molecule has 3 N–H and O–H groups in total. The number of carbonyl (C=O) groups excluding carboxylic acids is 2. The molecule has 0 aliphatic heterocycles. The van der Waals surface area contributed by atoms with Crippen LogP contribution in [-0.2, 0) is 14.3 Å². The Hall–Kier alpha value is -3.35. The minimum Gasteiger partial charge on any atom is -0.480 e. The van der Waals surface area contributed by atoms with Gasteiger partial charge in [0.1, 0.15) is 12.6 Å². The first-order valence-corrected chi connectivity index (χ1v) is 10.8. The van der Waals surface area contributed by atoms with Crippen molar-refractivity contribution in [2.45, 2.75) is 45.7 Å². The SMILES string of the molecule is CC(NC(=O)OCC1c2ccccc2-c2ccccc21)C(C)C(=O)N[C@@H](C(=O)O)C(C)C. The molecule has 0 saturated heterocycles. The van der Waals surface area contributed by atoms with Crippen molar-refractivity contribution in [3.8, 4) is 11.1 Å². The van der Waals surface area contributed by atoms with Gasteiger partial charge in [-0.25, -0.2) is 9.59 Å². The first-order chi connectivity index (χ1) is 15.2. The molecule has 7 nitrogen and oxygen atoms in total. The van der Waals surface area contributed by atoms with E-state index in [4.69, 9.17) is 4.74 Å². The van der Waals surface area contributed by atoms with Crippen molar-refractivity contribution in [3.63, 3.8) is 0 Å². The zero-order valence-corrected chi connectivity index (χ0v) is 18.8. The van der Waals surface area contributed by atoms with Gasteiger partial charge in [0.15, 0.2) is 0 Å². The molecule has 3 atom stereocenters. The fourth-order valence-corrected chi connectivity index (χ4v) is 3.98. The van der Waals surface area contributed by atoms with Gasteiger partial charge in [-0.2, -0.15) is 0 Å². The number of nitrogens with one attached hydrogen (secondary N) is 2. The maximum atomic E-state index is 12.5. The highest BCUT2D eigenvalue weighted by molar-refractivity contribution is 5.85. The van der Waals surface area contributed by atoms with Gasteiger partial charge in [-0.3, -0.25) is 4.79 Å². The molecule has 1 aliphatic rings. The topological polar surface area (TPSA) is 105 Å². The lowest BCUT2D eigenvalue weighted by Gasteiger charge is -2.24. The molecule has 0 fully saturated rings. The van der Waals surface area contributed by atoms with Crippen molar-refractivity contribution < 1.29 is 24.2 Å². The molecule has 2 aromatic carbocycles. The zero-order chi connectivity index (χ0) is 23.4. The largest absolute Gasteiger partial charge is 0.480 e. The summed E-state index contributed by atoms with van der Waals surface area (Å²) < 4.78 is 5.52. The number of carboxylic acids is 1. The molecule has 0 heterocycles. The summed E-state index contributed by atoms with van der Waals surface area (Å²) in [6.45, 7) is 6.96. The molecule has 2 amide bonds. The number of amides is 2. The lowest BCUT2D eigenvalue weighted by atomic mass is 9.98. The van der Waals surface area contributed by atoms with E-state index in [0.717, 1.165) is 22.3 Å². The van der Waals surface area contributed by atoms with Crippen LogP contribution in [0.25, 0.3) is 11.1 Å². The highest BCUT2D eigenvalue weighted by atomic mass is 16.5. The van der Waals surface area contributed by atoms with E-state index in [-0.39, 0.29) is 18.4 Å². The molecule has 0 radical (unpaired) electrons. The maximum absolute atomic E-state index is 12.5. The summed E-state index contributed by atoms with van der Waals surface area (Å²) in [4.78, 5) is 36.2. The molecule has 0 saturated carbocycles. The van der Waals surface area contributed by atoms with E-state index >= 15 is 0 Å². The smallest absolute Gasteiger partial charge is 0.407 e. The normalized spacial score (nSPS) is 15.3. The third-order valence-electron chi connectivity index (χ3n) is 6.08. The van der Waals surface area contributed by atoms with Gasteiger partial charge in [-0.1, -0.05) is 69.3 Å². The van der Waals surface area contributed by atoms with Gasteiger partial charge in [-0.15, -0.1) is 0 Å². The fourth-order valence-electron chi connectivity index (χ4n) is 3.98. The number of rotatable bonds is 8. The molecule has 7 heteroatoms. The minimum absolute atomic E-state index is 0.0495. The predicted octanol–water partition coefficient (Wildman–Crippen LogP) is 3.78. The monoisotopic (exact) mass is 438 g/mol. The number of carbonyl (C=O) groups is 3. The number of carboxylic acid groups (broad SMARTS) is 1. The molecular formula is C25H30N2O5. The number of alkyl carbamates (subject to hydrolysis) is 1. The molecule has 0 spiro atoms. The average molecular weight is 439 g/mol. The third-order valence-corrected chi connectivity index (χ3v) is 6.08. The van der Waals surface area contributed by atoms with Crippen LogP contribution in [0.15, 0.2) is 48.5 Å². The summed E-state index contributed by atoms with van der Waals surface area (Å²) in [7, 11) is 0. The predicted molar refractivity (Wildman–Crippen MR) is 121 cm³/mol. The van der Waals surface area contributed by atoms with E-state index in [9.17, 15) is 19.5 Å². The van der Waals surface area contributed by atoms with Gasteiger partial charge < -0.3 is 20.5 Å². The minimum atomic E-state index is -1.09. The Balaban J connectivity index is 1.58. The summed E-state index contributed by atoms with van der Waals surface area (Å²) in [5.74, 6) is -2.45. The molecule has 1 aliphatic carbocycles. The van der Waals surface area contributed by atoms with Gasteiger partial charge in [-0.05, 0) is 35.1 Å². The van der Waals surface area contributed by atoms with Crippen LogP contribution in [0.5, 0.6) is 0 Å². The van der Waals surface area contributed by atoms with Crippen LogP contribution in [0.3, 0.4) is 0 Å². The Kier molecular flexibility index (Phi) is 7.18. The summed E-state index contributed by atoms with van der Waals surface area (Å²) in [6.07, 6.45) is -0.613. The first kappa shape index (κ1) is 23.3. The highest BCUT2D eigenvalue weighted by Crippen LogP contribution is 2.44. The summed E-state index contributed by atoms with van der Waals surface area (Å²) in [5.41, 5.74) is 4.54. The van der Waals surface area contributed by atoms with Crippen LogP contribution in [0.4, 0.5) is 4.79 Å². The third kappa shape index (κ3) is 4.93. The Morgan fingerprint density at radius 2 is 1.44 bits per heavy atom. The number of hydrogen-bond acceptors (Lipinski definition) is 4. The summed E-state index contributed by atoms with van der Waals surface area (Å²) in [5, 5.41) is 14.5. The Labute approximate surface area is 188 Å². The van der Waals surface area contributed by atoms with E-state index in [0.29, 0.717) is 0 Å². The molecule has 2 unspecified atom stereocenters. The Morgan fingerprint density at radius 1 is 0.906 bits per heavy atom. The van der Waals surface area contributed by atoms with Crippen molar-refractivity contribution in [1.29, 1.82) is 0 Å². The molecule has 3 rings (SSSR count). The van der Waals surface area contributed by atoms with Crippen LogP contribution in [-0.4, -0.2) is 41.8 Å². The van der Waals surface area contributed by atoms with Crippen molar-refractivity contribution in [2.75, 3.05) is 6.61 Å². The fraction of sp³-hybridized carbons (Fsp3) is 0.400. The molecule has 32 heavy (non-hydrogen) atoms. The van der Waals surface area contributed by atoms with Crippen molar-refractivity contribution in [1.82, 2.24) is 10.6 Å². The Bertz CT molecular complexity index is 958. The maximum Gasteiger partial charge on any atom is 0.407 e. The second-order valence-electron chi connectivity index (χ2n) is 8.62. The van der Waals surface area contributed by atoms with Crippen LogP contribution < -0.4 is 10.6 Å². The first-order valence-electron chi connectivity index (χ1n) is 10.8. The molecule has 0 aromatic heterocycles. The van der Waals surface area contributed by atoms with Crippen LogP contribution in [0, 0.1) is 11.8 Å². The van der Waals surface area contributed by atoms with Crippen LogP contribution in [0.1, 0.15) is 44.7 Å². The van der Waals surface area contributed by atoms with Gasteiger partial charge in [0, 0.05) is 12.0 Å². The number of fused-ring (bicyclic) bond motifs is 3. The van der Waals surface area contributed by atoms with E-state index in [1.54, 1.807) is 27.7 Å². The highest BCUT2D eigenvalue weighted by Gasteiger charge is 2.31. The van der Waals surface area contributed by atoms with Gasteiger partial charge in [0.2, 0.25) is 5.91 Å². The summed E-state index contributed by atoms with van der Waals surface area (Å²) >= 11 is 0. The van der Waals surface area contributed by atoms with Crippen molar-refractivity contribution in [3.05, 3.63) is 59.7 Å². The second kappa shape index (κ2) is 9.85. The standard InChI is InChI=1S/C25H30N2O5/c1-14(2)22(24(29)30)27-23(28)15(3)16(4)26-25(31)32-13-21-19-11-7-5-9-17(19)18-10-6-8-12-20(18)21/h5-12,14-16,21-22H,13H2,1-4H3,(H,26,31)(H,27,28)(H,29,30)/t15?,16?,22-/m1/s1. The average Bonchev–Trinajstić information content (AvgIpc) is 3.08.